The highest BCUT2D eigenvalue weighted by molar-refractivity contribution is 6.31. The lowest BCUT2D eigenvalue weighted by atomic mass is 10.0. The molecule has 0 fully saturated rings. The molecule has 2 heterocycles. The van der Waals surface area contributed by atoms with Gasteiger partial charge in [0.05, 0.1) is 18.3 Å². The summed E-state index contributed by atoms with van der Waals surface area (Å²) in [6.45, 7) is 7.09. The van der Waals surface area contributed by atoms with E-state index in [-0.39, 0.29) is 0 Å². The molecule has 0 spiro atoms. The highest BCUT2D eigenvalue weighted by Crippen LogP contribution is 2.28. The van der Waals surface area contributed by atoms with Gasteiger partial charge in [0.25, 0.3) is 0 Å². The van der Waals surface area contributed by atoms with Gasteiger partial charge in [0.15, 0.2) is 0 Å². The molecule has 2 N–H and O–H groups in total. The minimum absolute atomic E-state index is 0.440. The fraction of sp³-hybridized carbons (Fsp3) is 0.414. The third-order valence-electron chi connectivity index (χ3n) is 5.21. The van der Waals surface area contributed by atoms with E-state index in [0.717, 1.165) is 47.2 Å². The smallest absolute Gasteiger partial charge is 0.137 e. The highest BCUT2D eigenvalue weighted by atomic mass is 35.5. The number of aromatic nitrogens is 2. The predicted molar refractivity (Wildman–Crippen MR) is 149 cm³/mol. The van der Waals surface area contributed by atoms with Crippen LogP contribution in [0.4, 0.5) is 4.39 Å². The van der Waals surface area contributed by atoms with Crippen molar-refractivity contribution in [3.8, 4) is 0 Å². The number of alkyl halides is 1. The van der Waals surface area contributed by atoms with Crippen LogP contribution in [-0.2, 0) is 9.47 Å². The molecule has 0 saturated carbocycles. The van der Waals surface area contributed by atoms with Crippen LogP contribution in [0.25, 0.3) is 11.0 Å². The van der Waals surface area contributed by atoms with E-state index in [1.807, 2.05) is 26.0 Å². The molecule has 5 nitrogen and oxygen atoms in total. The van der Waals surface area contributed by atoms with Crippen molar-refractivity contribution in [1.29, 1.82) is 0 Å². The highest BCUT2D eigenvalue weighted by Gasteiger charge is 2.13. The molecular weight excluding hydrogens is 479 g/mol. The molecule has 1 aliphatic rings. The van der Waals surface area contributed by atoms with Crippen LogP contribution in [0.3, 0.4) is 0 Å². The van der Waals surface area contributed by atoms with Crippen LogP contribution < -0.4 is 0 Å². The van der Waals surface area contributed by atoms with Gasteiger partial charge >= 0.3 is 0 Å². The molecule has 0 radical (unpaired) electrons. The lowest BCUT2D eigenvalue weighted by Crippen LogP contribution is -2.03. The number of rotatable bonds is 11. The fourth-order valence-electron chi connectivity index (χ4n) is 3.44. The van der Waals surface area contributed by atoms with Crippen LogP contribution in [0.15, 0.2) is 77.9 Å². The molecule has 2 aromatic heterocycles. The lowest BCUT2D eigenvalue weighted by Gasteiger charge is -2.10. The predicted octanol–water partition coefficient (Wildman–Crippen LogP) is 7.97. The van der Waals surface area contributed by atoms with Crippen molar-refractivity contribution in [2.45, 2.75) is 52.6 Å². The summed E-state index contributed by atoms with van der Waals surface area (Å²) in [6.07, 6.45) is 20.6. The Kier molecular flexibility index (Phi) is 16.2. The first-order valence-electron chi connectivity index (χ1n) is 12.2. The molecule has 0 aromatic carbocycles. The molecule has 7 heteroatoms. The molecular formula is C29H40ClFN2O3. The number of aromatic amines is 1. The number of pyridine rings is 1. The van der Waals surface area contributed by atoms with Gasteiger partial charge in [0, 0.05) is 30.5 Å². The summed E-state index contributed by atoms with van der Waals surface area (Å²) in [7, 11) is 2.17. The summed E-state index contributed by atoms with van der Waals surface area (Å²) in [5, 5.41) is 12.0. The molecule has 1 aliphatic carbocycles. The van der Waals surface area contributed by atoms with Crippen molar-refractivity contribution in [3.05, 3.63) is 88.5 Å². The molecule has 198 valence electrons. The Hall–Kier alpha value is -2.67. The SMILES string of the molecule is CC.CF.COC/C(=C\C/C=C\CCC(O)c1c[nH]c2ncc(Cl)cc12)OCC1=CC=C(C)CC=C1. The van der Waals surface area contributed by atoms with Crippen molar-refractivity contribution >= 4 is 22.6 Å². The number of fused-ring (bicyclic) bond motifs is 1. The normalized spacial score (nSPS) is 14.3. The zero-order valence-corrected chi connectivity index (χ0v) is 22.8. The first kappa shape index (κ1) is 31.4. The maximum atomic E-state index is 10.6. The first-order chi connectivity index (χ1) is 17.6. The van der Waals surface area contributed by atoms with Gasteiger partial charge in [0.2, 0.25) is 0 Å². The van der Waals surface area contributed by atoms with Crippen LogP contribution >= 0.6 is 11.6 Å². The van der Waals surface area contributed by atoms with E-state index in [1.165, 1.54) is 5.57 Å². The summed E-state index contributed by atoms with van der Waals surface area (Å²) in [5.41, 5.74) is 4.04. The number of aliphatic hydroxyl groups excluding tert-OH is 1. The van der Waals surface area contributed by atoms with Gasteiger partial charge in [-0.05, 0) is 50.3 Å². The summed E-state index contributed by atoms with van der Waals surface area (Å²) in [4.78, 5) is 7.32. The largest absolute Gasteiger partial charge is 0.491 e. The number of hydrogen-bond donors (Lipinski definition) is 2. The maximum absolute atomic E-state index is 10.6. The Morgan fingerprint density at radius 3 is 2.81 bits per heavy atom. The first-order valence-corrected chi connectivity index (χ1v) is 12.6. The average Bonchev–Trinajstić information content (AvgIpc) is 3.20. The molecule has 0 bridgehead atoms. The maximum Gasteiger partial charge on any atom is 0.137 e. The van der Waals surface area contributed by atoms with E-state index >= 15 is 0 Å². The van der Waals surface area contributed by atoms with E-state index in [2.05, 4.69) is 53.3 Å². The minimum Gasteiger partial charge on any atom is -0.491 e. The third-order valence-corrected chi connectivity index (χ3v) is 5.41. The standard InChI is InChI=1S/C26H31ClN2O3.C2H6.CH3F/c1-19-8-7-9-20(13-12-19)17-32-22(18-31-2)10-5-3-4-6-11-25(30)24-16-29-26-23(24)14-21(27)15-28-26;2*1-2/h3-4,7,9-10,12-16,25,30H,5-6,8,11,17-18H2,1-2H3,(H,28,29);1-2H3;1H3/b4-3-,22-10+;;. The van der Waals surface area contributed by atoms with Crippen LogP contribution in [0.2, 0.25) is 5.02 Å². The molecule has 0 saturated heterocycles. The van der Waals surface area contributed by atoms with Gasteiger partial charge in [-0.2, -0.15) is 0 Å². The van der Waals surface area contributed by atoms with E-state index in [1.54, 1.807) is 19.5 Å². The molecule has 1 unspecified atom stereocenters. The van der Waals surface area contributed by atoms with Crippen LogP contribution in [0.5, 0.6) is 0 Å². The van der Waals surface area contributed by atoms with Crippen molar-refractivity contribution in [2.75, 3.05) is 27.5 Å². The quantitative estimate of drug-likeness (QED) is 0.234. The van der Waals surface area contributed by atoms with Crippen molar-refractivity contribution in [1.82, 2.24) is 9.97 Å². The van der Waals surface area contributed by atoms with Crippen LogP contribution in [0, 0.1) is 0 Å². The molecule has 0 amide bonds. The monoisotopic (exact) mass is 518 g/mol. The summed E-state index contributed by atoms with van der Waals surface area (Å²) in [5.74, 6) is 0.819. The van der Waals surface area contributed by atoms with Gasteiger partial charge in [-0.15, -0.1) is 0 Å². The van der Waals surface area contributed by atoms with Gasteiger partial charge in [-0.3, -0.25) is 4.39 Å². The zero-order chi connectivity index (χ0) is 26.8. The Morgan fingerprint density at radius 1 is 1.28 bits per heavy atom. The number of nitrogens with one attached hydrogen (secondary N) is 1. The summed E-state index contributed by atoms with van der Waals surface area (Å²) < 4.78 is 20.7. The van der Waals surface area contributed by atoms with Crippen molar-refractivity contribution < 1.29 is 19.0 Å². The van der Waals surface area contributed by atoms with Crippen LogP contribution in [0.1, 0.15) is 58.1 Å². The van der Waals surface area contributed by atoms with Crippen molar-refractivity contribution in [3.63, 3.8) is 0 Å². The van der Waals surface area contributed by atoms with Gasteiger partial charge < -0.3 is 19.6 Å². The van der Waals surface area contributed by atoms with Gasteiger partial charge in [0.1, 0.15) is 24.6 Å². The van der Waals surface area contributed by atoms with E-state index in [4.69, 9.17) is 21.1 Å². The molecule has 2 aromatic rings. The molecule has 1 atom stereocenters. The number of halogens is 2. The number of ether oxygens (including phenoxy) is 2. The Labute approximate surface area is 220 Å². The zero-order valence-electron chi connectivity index (χ0n) is 22.1. The molecule has 3 rings (SSSR count). The average molecular weight is 519 g/mol. The Morgan fingerprint density at radius 2 is 2.06 bits per heavy atom. The number of hydrogen-bond acceptors (Lipinski definition) is 4. The fourth-order valence-corrected chi connectivity index (χ4v) is 3.60. The second kappa shape index (κ2) is 18.6. The summed E-state index contributed by atoms with van der Waals surface area (Å²) in [6, 6.07) is 1.83. The van der Waals surface area contributed by atoms with E-state index in [9.17, 15) is 9.50 Å². The van der Waals surface area contributed by atoms with E-state index in [0.29, 0.717) is 31.8 Å². The number of nitrogens with zero attached hydrogens (tertiary/aromatic N) is 1. The Balaban J connectivity index is 0.00000154. The summed E-state index contributed by atoms with van der Waals surface area (Å²) >= 11 is 6.04. The lowest BCUT2D eigenvalue weighted by molar-refractivity contribution is 0.142. The van der Waals surface area contributed by atoms with Crippen LogP contribution in [-0.4, -0.2) is 42.6 Å². The van der Waals surface area contributed by atoms with Gasteiger partial charge in [-0.1, -0.05) is 67.5 Å². The third kappa shape index (κ3) is 10.9. The molecule has 36 heavy (non-hydrogen) atoms. The number of aliphatic hydroxyl groups is 1. The second-order valence-electron chi connectivity index (χ2n) is 7.85. The van der Waals surface area contributed by atoms with Gasteiger partial charge in [-0.25, -0.2) is 4.98 Å². The van der Waals surface area contributed by atoms with Crippen molar-refractivity contribution in [2.24, 2.45) is 0 Å². The minimum atomic E-state index is -0.574. The Bertz CT molecular complexity index is 1050. The number of methoxy groups -OCH3 is 1. The molecule has 0 aliphatic heterocycles. The number of allylic oxidation sites excluding steroid dienone is 7. The number of H-pyrrole nitrogens is 1. The second-order valence-corrected chi connectivity index (χ2v) is 8.28. The topological polar surface area (TPSA) is 67.4 Å². The van der Waals surface area contributed by atoms with E-state index < -0.39 is 6.10 Å².